The molecule has 2 heterocycles. The lowest BCUT2D eigenvalue weighted by atomic mass is 10.1. The van der Waals surface area contributed by atoms with Crippen LogP contribution < -0.4 is 10.3 Å². The Morgan fingerprint density at radius 2 is 1.93 bits per heavy atom. The number of hydrogen-bond acceptors (Lipinski definition) is 7. The number of carbonyl (C=O) groups is 2. The van der Waals surface area contributed by atoms with E-state index in [0.717, 1.165) is 4.68 Å². The molecule has 0 aliphatic carbocycles. The fourth-order valence-electron chi connectivity index (χ4n) is 2.95. The third kappa shape index (κ3) is 4.08. The van der Waals surface area contributed by atoms with Gasteiger partial charge in [0.05, 0.1) is 44.9 Å². The molecule has 27 heavy (non-hydrogen) atoms. The van der Waals surface area contributed by atoms with E-state index >= 15 is 0 Å². The Kier molecular flexibility index (Phi) is 5.70. The molecule has 9 nitrogen and oxygen atoms in total. The molecule has 1 aliphatic rings. The first-order valence-electron chi connectivity index (χ1n) is 8.53. The van der Waals surface area contributed by atoms with Gasteiger partial charge in [0.15, 0.2) is 0 Å². The second kappa shape index (κ2) is 8.17. The van der Waals surface area contributed by atoms with Gasteiger partial charge in [-0.05, 0) is 18.2 Å². The molecule has 1 amide bonds. The van der Waals surface area contributed by atoms with Crippen LogP contribution in [0, 0.1) is 0 Å². The normalized spacial score (nSPS) is 14.2. The highest BCUT2D eigenvalue weighted by Gasteiger charge is 2.20. The number of aromatic nitrogens is 2. The minimum Gasteiger partial charge on any atom is -0.497 e. The summed E-state index contributed by atoms with van der Waals surface area (Å²) in [6.45, 7) is 1.70. The van der Waals surface area contributed by atoms with Crippen molar-refractivity contribution in [3.8, 4) is 5.75 Å². The molecule has 0 spiro atoms. The molecule has 1 aliphatic heterocycles. The van der Waals surface area contributed by atoms with Gasteiger partial charge < -0.3 is 19.1 Å². The molecule has 0 unspecified atom stereocenters. The van der Waals surface area contributed by atoms with Crippen LogP contribution in [0.1, 0.15) is 5.69 Å². The monoisotopic (exact) mass is 375 g/mol. The smallest absolute Gasteiger partial charge is 0.311 e. The summed E-state index contributed by atoms with van der Waals surface area (Å²) in [7, 11) is 2.79. The molecule has 1 aromatic heterocycles. The van der Waals surface area contributed by atoms with Gasteiger partial charge in [-0.15, -0.1) is 0 Å². The van der Waals surface area contributed by atoms with Crippen LogP contribution in [-0.2, 0) is 32.0 Å². The Hall–Kier alpha value is -2.94. The van der Waals surface area contributed by atoms with E-state index in [1.807, 2.05) is 0 Å². The van der Waals surface area contributed by atoms with Gasteiger partial charge >= 0.3 is 5.97 Å². The Morgan fingerprint density at radius 1 is 1.19 bits per heavy atom. The van der Waals surface area contributed by atoms with E-state index in [0.29, 0.717) is 48.5 Å². The van der Waals surface area contributed by atoms with Crippen molar-refractivity contribution in [3.63, 3.8) is 0 Å². The number of ether oxygens (including phenoxy) is 3. The van der Waals surface area contributed by atoms with Crippen LogP contribution in [0.4, 0.5) is 0 Å². The van der Waals surface area contributed by atoms with Crippen molar-refractivity contribution in [2.45, 2.75) is 13.0 Å². The number of fused-ring (bicyclic) bond motifs is 1. The molecular formula is C18H21N3O6. The van der Waals surface area contributed by atoms with Gasteiger partial charge in [-0.1, -0.05) is 0 Å². The fourth-order valence-corrected chi connectivity index (χ4v) is 2.95. The summed E-state index contributed by atoms with van der Waals surface area (Å²) in [6.07, 6.45) is -0.119. The summed E-state index contributed by atoms with van der Waals surface area (Å²) >= 11 is 0. The van der Waals surface area contributed by atoms with Crippen molar-refractivity contribution >= 4 is 22.6 Å². The van der Waals surface area contributed by atoms with Crippen LogP contribution in [0.25, 0.3) is 10.8 Å². The van der Waals surface area contributed by atoms with E-state index in [9.17, 15) is 14.4 Å². The van der Waals surface area contributed by atoms with E-state index in [-0.39, 0.29) is 18.9 Å². The highest BCUT2D eigenvalue weighted by Crippen LogP contribution is 2.21. The summed E-state index contributed by atoms with van der Waals surface area (Å²) in [5.41, 5.74) is -0.0481. The van der Waals surface area contributed by atoms with Crippen molar-refractivity contribution in [2.75, 3.05) is 40.5 Å². The number of hydrogen-bond donors (Lipinski definition) is 0. The van der Waals surface area contributed by atoms with Gasteiger partial charge in [-0.2, -0.15) is 5.10 Å². The second-order valence-corrected chi connectivity index (χ2v) is 6.07. The maximum absolute atomic E-state index is 12.8. The van der Waals surface area contributed by atoms with Crippen LogP contribution in [0.15, 0.2) is 23.0 Å². The van der Waals surface area contributed by atoms with Gasteiger partial charge in [-0.25, -0.2) is 4.68 Å². The van der Waals surface area contributed by atoms with E-state index in [4.69, 9.17) is 14.2 Å². The third-order valence-corrected chi connectivity index (χ3v) is 4.43. The molecule has 0 atom stereocenters. The van der Waals surface area contributed by atoms with Crippen molar-refractivity contribution in [1.29, 1.82) is 0 Å². The minimum atomic E-state index is -0.490. The first-order valence-corrected chi connectivity index (χ1v) is 8.53. The SMILES string of the molecule is COC(=O)Cc1nn(CC(=O)N2CCOCC2)c(=O)c2ccc(OC)cc12. The average molecular weight is 375 g/mol. The van der Waals surface area contributed by atoms with Crippen molar-refractivity contribution in [3.05, 3.63) is 34.2 Å². The topological polar surface area (TPSA) is 100.0 Å². The van der Waals surface area contributed by atoms with Gasteiger partial charge in [0, 0.05) is 18.5 Å². The number of rotatable bonds is 5. The highest BCUT2D eigenvalue weighted by molar-refractivity contribution is 5.88. The summed E-state index contributed by atoms with van der Waals surface area (Å²) in [5, 5.41) is 5.13. The third-order valence-electron chi connectivity index (χ3n) is 4.43. The van der Waals surface area contributed by atoms with Crippen LogP contribution in [-0.4, -0.2) is 67.1 Å². The zero-order chi connectivity index (χ0) is 19.4. The van der Waals surface area contributed by atoms with E-state index in [1.165, 1.54) is 14.2 Å². The number of benzene rings is 1. The van der Waals surface area contributed by atoms with Gasteiger partial charge in [0.25, 0.3) is 5.56 Å². The van der Waals surface area contributed by atoms with Gasteiger partial charge in [0.2, 0.25) is 5.91 Å². The molecule has 144 valence electrons. The number of esters is 1. The Bertz CT molecular complexity index is 917. The zero-order valence-electron chi connectivity index (χ0n) is 15.3. The number of nitrogens with zero attached hydrogens (tertiary/aromatic N) is 3. The van der Waals surface area contributed by atoms with E-state index < -0.39 is 11.5 Å². The summed E-state index contributed by atoms with van der Waals surface area (Å²) < 4.78 is 16.3. The van der Waals surface area contributed by atoms with Crippen molar-refractivity contribution in [2.24, 2.45) is 0 Å². The average Bonchev–Trinajstić information content (AvgIpc) is 2.71. The standard InChI is InChI=1S/C18H21N3O6/c1-25-12-3-4-13-14(9-12)15(10-17(23)26-2)19-21(18(13)24)11-16(22)20-5-7-27-8-6-20/h3-4,9H,5-8,10-11H2,1-2H3. The number of carbonyl (C=O) groups excluding carboxylic acids is 2. The molecule has 9 heteroatoms. The molecule has 2 aromatic rings. The van der Waals surface area contributed by atoms with E-state index in [1.54, 1.807) is 23.1 Å². The van der Waals surface area contributed by atoms with Crippen LogP contribution >= 0.6 is 0 Å². The van der Waals surface area contributed by atoms with Gasteiger partial charge in [-0.3, -0.25) is 14.4 Å². The fraction of sp³-hybridized carbons (Fsp3) is 0.444. The predicted octanol–water partition coefficient (Wildman–Crippen LogP) is -0.0206. The lowest BCUT2D eigenvalue weighted by Crippen LogP contribution is -2.44. The first kappa shape index (κ1) is 18.8. The van der Waals surface area contributed by atoms with Crippen molar-refractivity contribution in [1.82, 2.24) is 14.7 Å². The van der Waals surface area contributed by atoms with Crippen LogP contribution in [0.2, 0.25) is 0 Å². The van der Waals surface area contributed by atoms with Crippen LogP contribution in [0.5, 0.6) is 5.75 Å². The molecule has 0 radical (unpaired) electrons. The highest BCUT2D eigenvalue weighted by atomic mass is 16.5. The maximum Gasteiger partial charge on any atom is 0.311 e. The summed E-state index contributed by atoms with van der Waals surface area (Å²) in [6, 6.07) is 4.91. The minimum absolute atomic E-state index is 0.119. The zero-order valence-corrected chi connectivity index (χ0v) is 15.3. The van der Waals surface area contributed by atoms with Crippen molar-refractivity contribution < 1.29 is 23.8 Å². The lowest BCUT2D eigenvalue weighted by Gasteiger charge is -2.27. The molecule has 1 aromatic carbocycles. The number of morpholine rings is 1. The predicted molar refractivity (Wildman–Crippen MR) is 95.7 cm³/mol. The lowest BCUT2D eigenvalue weighted by molar-refractivity contribution is -0.139. The largest absolute Gasteiger partial charge is 0.497 e. The second-order valence-electron chi connectivity index (χ2n) is 6.07. The maximum atomic E-state index is 12.8. The first-order chi connectivity index (χ1) is 13.0. The number of amides is 1. The quantitative estimate of drug-likeness (QED) is 0.677. The molecule has 0 N–H and O–H groups in total. The van der Waals surface area contributed by atoms with Gasteiger partial charge in [0.1, 0.15) is 12.3 Å². The summed E-state index contributed by atoms with van der Waals surface area (Å²) in [4.78, 5) is 38.7. The Labute approximate surface area is 155 Å². The molecule has 1 fully saturated rings. The summed E-state index contributed by atoms with van der Waals surface area (Å²) in [5.74, 6) is -0.168. The Balaban J connectivity index is 2.01. The molecule has 0 bridgehead atoms. The number of methoxy groups -OCH3 is 2. The molecular weight excluding hydrogens is 354 g/mol. The van der Waals surface area contributed by atoms with E-state index in [2.05, 4.69) is 5.10 Å². The molecule has 0 saturated carbocycles. The molecule has 1 saturated heterocycles. The molecule has 3 rings (SSSR count). The van der Waals surface area contributed by atoms with Crippen LogP contribution in [0.3, 0.4) is 0 Å². The Morgan fingerprint density at radius 3 is 2.59 bits per heavy atom.